The Labute approximate surface area is 213 Å². The van der Waals surface area contributed by atoms with Crippen LogP contribution in [0.25, 0.3) is 0 Å². The number of ether oxygens (including phenoxy) is 2. The van der Waals surface area contributed by atoms with Crippen LogP contribution in [0.5, 0.6) is 11.5 Å². The van der Waals surface area contributed by atoms with E-state index in [9.17, 15) is 18.0 Å². The molecule has 1 N–H and O–H groups in total. The van der Waals surface area contributed by atoms with Crippen molar-refractivity contribution in [3.05, 3.63) is 53.6 Å². The van der Waals surface area contributed by atoms with Gasteiger partial charge in [0.1, 0.15) is 25.8 Å². The van der Waals surface area contributed by atoms with Gasteiger partial charge in [-0.3, -0.25) is 13.9 Å². The molecule has 36 heavy (non-hydrogen) atoms. The highest BCUT2D eigenvalue weighted by Crippen LogP contribution is 2.34. The molecule has 2 aromatic carbocycles. The Hall–Kier alpha value is -3.27. The molecule has 0 unspecified atom stereocenters. The monoisotopic (exact) mass is 517 g/mol. The number of nitrogens with one attached hydrogen (secondary N) is 1. The number of nitrogens with zero attached hydrogens (tertiary/aromatic N) is 2. The normalized spacial score (nSPS) is 14.5. The maximum Gasteiger partial charge on any atom is 0.244 e. The molecule has 10 heteroatoms. The number of fused-ring (bicyclic) bond motifs is 1. The molecule has 0 spiro atoms. The standard InChI is InChI=1S/C26H35N3O6S/c1-6-19(3)27-26(31)20(4)28(16-21-9-7-18(2)8-10-21)25(30)17-29(36(5,32)33)22-11-12-23-24(15-22)35-14-13-34-23/h7-12,15,19-20H,6,13-14,16-17H2,1-5H3,(H,27,31)/t19-,20+/m1/s1. The van der Waals surface area contributed by atoms with E-state index < -0.39 is 28.5 Å². The lowest BCUT2D eigenvalue weighted by Crippen LogP contribution is -2.52. The molecule has 2 aromatic rings. The van der Waals surface area contributed by atoms with Crippen molar-refractivity contribution in [1.82, 2.24) is 10.2 Å². The van der Waals surface area contributed by atoms with E-state index in [1.807, 2.05) is 45.0 Å². The summed E-state index contributed by atoms with van der Waals surface area (Å²) in [6.07, 6.45) is 1.79. The van der Waals surface area contributed by atoms with E-state index in [1.165, 1.54) is 4.90 Å². The molecule has 2 atom stereocenters. The SMILES string of the molecule is CC[C@@H](C)NC(=O)[C@H](C)N(Cc1ccc(C)cc1)C(=O)CN(c1ccc2c(c1)OCCO2)S(C)(=O)=O. The third-order valence-corrected chi connectivity index (χ3v) is 7.28. The Morgan fingerprint density at radius 2 is 1.67 bits per heavy atom. The van der Waals surface area contributed by atoms with Crippen LogP contribution in [0.2, 0.25) is 0 Å². The first-order valence-corrected chi connectivity index (χ1v) is 13.9. The molecule has 9 nitrogen and oxygen atoms in total. The summed E-state index contributed by atoms with van der Waals surface area (Å²) in [7, 11) is -3.83. The van der Waals surface area contributed by atoms with Gasteiger partial charge in [-0.1, -0.05) is 36.8 Å². The molecular weight excluding hydrogens is 482 g/mol. The number of anilines is 1. The zero-order valence-corrected chi connectivity index (χ0v) is 22.3. The average molecular weight is 518 g/mol. The number of sulfonamides is 1. The Morgan fingerprint density at radius 1 is 1.03 bits per heavy atom. The first-order valence-electron chi connectivity index (χ1n) is 12.0. The highest BCUT2D eigenvalue weighted by molar-refractivity contribution is 7.92. The van der Waals surface area contributed by atoms with Gasteiger partial charge in [-0.15, -0.1) is 0 Å². The Kier molecular flexibility index (Phi) is 8.84. The van der Waals surface area contributed by atoms with Gasteiger partial charge >= 0.3 is 0 Å². The number of rotatable bonds is 10. The maximum absolute atomic E-state index is 13.6. The first kappa shape index (κ1) is 27.3. The molecule has 0 aromatic heterocycles. The van der Waals surface area contributed by atoms with Crippen LogP contribution in [-0.4, -0.2) is 63.2 Å². The summed E-state index contributed by atoms with van der Waals surface area (Å²) in [5.74, 6) is 0.136. The lowest BCUT2D eigenvalue weighted by Gasteiger charge is -2.32. The highest BCUT2D eigenvalue weighted by Gasteiger charge is 2.31. The molecule has 0 saturated carbocycles. The van der Waals surface area contributed by atoms with E-state index in [0.29, 0.717) is 24.7 Å². The highest BCUT2D eigenvalue weighted by atomic mass is 32.2. The third-order valence-electron chi connectivity index (χ3n) is 6.13. The Bertz CT molecular complexity index is 1180. The van der Waals surface area contributed by atoms with Gasteiger partial charge in [-0.25, -0.2) is 8.42 Å². The zero-order chi connectivity index (χ0) is 26.5. The van der Waals surface area contributed by atoms with Crippen LogP contribution in [0, 0.1) is 6.92 Å². The largest absolute Gasteiger partial charge is 0.486 e. The molecule has 1 aliphatic heterocycles. The fraction of sp³-hybridized carbons (Fsp3) is 0.462. The lowest BCUT2D eigenvalue weighted by molar-refractivity contribution is -0.139. The van der Waals surface area contributed by atoms with E-state index in [4.69, 9.17) is 9.47 Å². The number of carbonyl (C=O) groups is 2. The van der Waals surface area contributed by atoms with Gasteiger partial charge in [0.2, 0.25) is 21.8 Å². The number of amides is 2. The number of aryl methyl sites for hydroxylation is 1. The minimum Gasteiger partial charge on any atom is -0.486 e. The summed E-state index contributed by atoms with van der Waals surface area (Å²) < 4.78 is 37.6. The van der Waals surface area contributed by atoms with Crippen molar-refractivity contribution in [3.63, 3.8) is 0 Å². The van der Waals surface area contributed by atoms with Crippen LogP contribution in [0.4, 0.5) is 5.69 Å². The second-order valence-corrected chi connectivity index (χ2v) is 11.0. The fourth-order valence-electron chi connectivity index (χ4n) is 3.74. The molecule has 1 heterocycles. The van der Waals surface area contributed by atoms with Gasteiger partial charge in [-0.05, 0) is 44.9 Å². The third kappa shape index (κ3) is 6.90. The molecular formula is C26H35N3O6S. The Balaban J connectivity index is 1.91. The number of hydrogen-bond acceptors (Lipinski definition) is 6. The van der Waals surface area contributed by atoms with Gasteiger partial charge in [-0.2, -0.15) is 0 Å². The van der Waals surface area contributed by atoms with E-state index in [1.54, 1.807) is 25.1 Å². The van der Waals surface area contributed by atoms with Gasteiger partial charge in [0.05, 0.1) is 11.9 Å². The number of benzene rings is 2. The topological polar surface area (TPSA) is 105 Å². The number of hydrogen-bond donors (Lipinski definition) is 1. The van der Waals surface area contributed by atoms with Crippen LogP contribution >= 0.6 is 0 Å². The number of carbonyl (C=O) groups excluding carboxylic acids is 2. The van der Waals surface area contributed by atoms with Crippen LogP contribution in [0.3, 0.4) is 0 Å². The van der Waals surface area contributed by atoms with Gasteiger partial charge < -0.3 is 19.7 Å². The van der Waals surface area contributed by atoms with Crippen molar-refractivity contribution >= 4 is 27.5 Å². The summed E-state index contributed by atoms with van der Waals surface area (Å²) >= 11 is 0. The Morgan fingerprint density at radius 3 is 2.28 bits per heavy atom. The first-order chi connectivity index (χ1) is 17.0. The van der Waals surface area contributed by atoms with Crippen molar-refractivity contribution in [2.75, 3.05) is 30.3 Å². The van der Waals surface area contributed by atoms with Gasteiger partial charge in [0.25, 0.3) is 0 Å². The van der Waals surface area contributed by atoms with Crippen molar-refractivity contribution in [2.45, 2.75) is 52.7 Å². The van der Waals surface area contributed by atoms with Crippen LogP contribution < -0.4 is 19.1 Å². The average Bonchev–Trinajstić information content (AvgIpc) is 2.85. The molecule has 0 radical (unpaired) electrons. The molecule has 196 valence electrons. The van der Waals surface area contributed by atoms with Crippen LogP contribution in [0.1, 0.15) is 38.3 Å². The second-order valence-electron chi connectivity index (χ2n) is 9.10. The summed E-state index contributed by atoms with van der Waals surface area (Å²) in [6, 6.07) is 11.5. The second kappa shape index (κ2) is 11.6. The quantitative estimate of drug-likeness (QED) is 0.520. The fourth-order valence-corrected chi connectivity index (χ4v) is 4.58. The minimum absolute atomic E-state index is 0.0542. The van der Waals surface area contributed by atoms with E-state index in [0.717, 1.165) is 28.1 Å². The van der Waals surface area contributed by atoms with Crippen LogP contribution in [0.15, 0.2) is 42.5 Å². The molecule has 0 bridgehead atoms. The molecule has 0 saturated heterocycles. The predicted molar refractivity (Wildman–Crippen MR) is 139 cm³/mol. The summed E-state index contributed by atoms with van der Waals surface area (Å²) in [5, 5.41) is 2.91. The summed E-state index contributed by atoms with van der Waals surface area (Å²) in [5.41, 5.74) is 2.19. The predicted octanol–water partition coefficient (Wildman–Crippen LogP) is 2.86. The molecule has 0 aliphatic carbocycles. The van der Waals surface area contributed by atoms with E-state index in [2.05, 4.69) is 5.32 Å². The van der Waals surface area contributed by atoms with E-state index >= 15 is 0 Å². The summed E-state index contributed by atoms with van der Waals surface area (Å²) in [6.45, 7) is 7.92. The van der Waals surface area contributed by atoms with Gasteiger partial charge in [0.15, 0.2) is 11.5 Å². The zero-order valence-electron chi connectivity index (χ0n) is 21.5. The molecule has 2 amide bonds. The van der Waals surface area contributed by atoms with Crippen molar-refractivity contribution in [1.29, 1.82) is 0 Å². The van der Waals surface area contributed by atoms with Crippen molar-refractivity contribution in [2.24, 2.45) is 0 Å². The molecule has 1 aliphatic rings. The van der Waals surface area contributed by atoms with E-state index in [-0.39, 0.29) is 24.2 Å². The van der Waals surface area contributed by atoms with Crippen LogP contribution in [-0.2, 0) is 26.2 Å². The van der Waals surface area contributed by atoms with Crippen molar-refractivity contribution < 1.29 is 27.5 Å². The van der Waals surface area contributed by atoms with Gasteiger partial charge in [0, 0.05) is 18.7 Å². The summed E-state index contributed by atoms with van der Waals surface area (Å²) in [4.78, 5) is 28.0. The molecule has 0 fully saturated rings. The molecule has 3 rings (SSSR count). The lowest BCUT2D eigenvalue weighted by atomic mass is 10.1. The maximum atomic E-state index is 13.6. The smallest absolute Gasteiger partial charge is 0.244 e. The van der Waals surface area contributed by atoms with Crippen molar-refractivity contribution in [3.8, 4) is 11.5 Å². The minimum atomic E-state index is -3.83.